The topological polar surface area (TPSA) is 40.5 Å². The Hall–Kier alpha value is -0.870. The summed E-state index contributed by atoms with van der Waals surface area (Å²) in [6.07, 6.45) is 4.04. The van der Waals surface area contributed by atoms with Crippen molar-refractivity contribution in [2.45, 2.75) is 44.2 Å². The quantitative estimate of drug-likeness (QED) is 0.895. The van der Waals surface area contributed by atoms with E-state index in [1.165, 1.54) is 0 Å². The molecular formula is C13H19NO2S. The zero-order valence-corrected chi connectivity index (χ0v) is 10.9. The van der Waals surface area contributed by atoms with E-state index in [-0.39, 0.29) is 18.1 Å². The van der Waals surface area contributed by atoms with Crippen LogP contribution >= 0.6 is 11.3 Å². The largest absolute Gasteiger partial charge is 0.391 e. The summed E-state index contributed by atoms with van der Waals surface area (Å²) in [5, 5.41) is 11.9. The van der Waals surface area contributed by atoms with Crippen molar-refractivity contribution in [3.05, 3.63) is 22.4 Å². The highest BCUT2D eigenvalue weighted by Gasteiger charge is 2.29. The summed E-state index contributed by atoms with van der Waals surface area (Å²) < 4.78 is 0. The van der Waals surface area contributed by atoms with Gasteiger partial charge >= 0.3 is 0 Å². The lowest BCUT2D eigenvalue weighted by atomic mass is 9.91. The minimum absolute atomic E-state index is 0.0104. The number of likely N-dealkylation sites (N-methyl/N-ethyl adjacent to an activating group) is 1. The van der Waals surface area contributed by atoms with Crippen LogP contribution in [0.25, 0.3) is 0 Å². The summed E-state index contributed by atoms with van der Waals surface area (Å²) >= 11 is 1.61. The molecule has 1 fully saturated rings. The van der Waals surface area contributed by atoms with Gasteiger partial charge in [0.05, 0.1) is 18.6 Å². The molecule has 0 radical (unpaired) electrons. The first-order valence-corrected chi connectivity index (χ1v) is 7.02. The maximum atomic E-state index is 12.1. The lowest BCUT2D eigenvalue weighted by Gasteiger charge is -2.35. The summed E-state index contributed by atoms with van der Waals surface area (Å²) in [5.74, 6) is 0.110. The summed E-state index contributed by atoms with van der Waals surface area (Å²) in [6, 6.07) is 3.95. The molecular weight excluding hydrogens is 234 g/mol. The fraction of sp³-hybridized carbons (Fsp3) is 0.615. The van der Waals surface area contributed by atoms with E-state index in [9.17, 15) is 9.90 Å². The van der Waals surface area contributed by atoms with E-state index in [2.05, 4.69) is 0 Å². The van der Waals surface area contributed by atoms with E-state index in [4.69, 9.17) is 0 Å². The Morgan fingerprint density at radius 1 is 1.53 bits per heavy atom. The van der Waals surface area contributed by atoms with Gasteiger partial charge in [-0.2, -0.15) is 0 Å². The number of hydrogen-bond donors (Lipinski definition) is 1. The third kappa shape index (κ3) is 3.07. The first-order chi connectivity index (χ1) is 8.18. The number of hydrogen-bond acceptors (Lipinski definition) is 3. The molecule has 0 saturated heterocycles. The van der Waals surface area contributed by atoms with E-state index < -0.39 is 0 Å². The van der Waals surface area contributed by atoms with Gasteiger partial charge in [-0.1, -0.05) is 18.9 Å². The second kappa shape index (κ2) is 5.65. The molecule has 1 N–H and O–H groups in total. The predicted molar refractivity (Wildman–Crippen MR) is 69.1 cm³/mol. The minimum Gasteiger partial charge on any atom is -0.391 e. The fourth-order valence-corrected chi connectivity index (χ4v) is 3.11. The maximum absolute atomic E-state index is 12.1. The number of rotatable bonds is 3. The Bertz CT molecular complexity index is 364. The van der Waals surface area contributed by atoms with Crippen molar-refractivity contribution < 1.29 is 9.90 Å². The Morgan fingerprint density at radius 2 is 2.29 bits per heavy atom. The molecule has 1 aliphatic rings. The van der Waals surface area contributed by atoms with E-state index in [0.717, 1.165) is 30.6 Å². The van der Waals surface area contributed by atoms with Gasteiger partial charge in [-0.3, -0.25) is 4.79 Å². The monoisotopic (exact) mass is 253 g/mol. The van der Waals surface area contributed by atoms with Crippen molar-refractivity contribution in [3.8, 4) is 0 Å². The highest BCUT2D eigenvalue weighted by Crippen LogP contribution is 2.23. The van der Waals surface area contributed by atoms with Crippen LogP contribution in [0.1, 0.15) is 30.6 Å². The van der Waals surface area contributed by atoms with Gasteiger partial charge < -0.3 is 10.0 Å². The fourth-order valence-electron chi connectivity index (χ4n) is 2.42. The number of nitrogens with zero attached hydrogens (tertiary/aromatic N) is 1. The van der Waals surface area contributed by atoms with Gasteiger partial charge in [0.2, 0.25) is 5.91 Å². The summed E-state index contributed by atoms with van der Waals surface area (Å²) in [5.41, 5.74) is 0. The lowest BCUT2D eigenvalue weighted by Crippen LogP contribution is -2.46. The average molecular weight is 253 g/mol. The minimum atomic E-state index is -0.346. The van der Waals surface area contributed by atoms with Gasteiger partial charge in [-0.15, -0.1) is 11.3 Å². The molecule has 2 rings (SSSR count). The zero-order valence-electron chi connectivity index (χ0n) is 10.1. The van der Waals surface area contributed by atoms with Crippen LogP contribution in [0.5, 0.6) is 0 Å². The number of thiophene rings is 1. The van der Waals surface area contributed by atoms with Crippen molar-refractivity contribution in [1.29, 1.82) is 0 Å². The van der Waals surface area contributed by atoms with Crippen molar-refractivity contribution in [3.63, 3.8) is 0 Å². The molecule has 1 aromatic rings. The normalized spacial score (nSPS) is 24.6. The van der Waals surface area contributed by atoms with Crippen LogP contribution in [0, 0.1) is 0 Å². The van der Waals surface area contributed by atoms with Gasteiger partial charge in [0.1, 0.15) is 0 Å². The molecule has 2 atom stereocenters. The molecule has 1 heterocycles. The first kappa shape index (κ1) is 12.6. The lowest BCUT2D eigenvalue weighted by molar-refractivity contribution is -0.134. The molecule has 1 aromatic heterocycles. The first-order valence-electron chi connectivity index (χ1n) is 6.14. The molecule has 1 aliphatic carbocycles. The van der Waals surface area contributed by atoms with Gasteiger partial charge in [0, 0.05) is 11.9 Å². The molecule has 1 saturated carbocycles. The van der Waals surface area contributed by atoms with E-state index in [1.54, 1.807) is 16.2 Å². The Morgan fingerprint density at radius 3 is 2.94 bits per heavy atom. The van der Waals surface area contributed by atoms with Gasteiger partial charge in [0.15, 0.2) is 0 Å². The Labute approximate surface area is 106 Å². The molecule has 0 aliphatic heterocycles. The van der Waals surface area contributed by atoms with E-state index in [0.29, 0.717) is 6.42 Å². The second-order valence-electron chi connectivity index (χ2n) is 4.68. The van der Waals surface area contributed by atoms with Crippen LogP contribution in [0.4, 0.5) is 0 Å². The highest BCUT2D eigenvalue weighted by atomic mass is 32.1. The van der Waals surface area contributed by atoms with Crippen LogP contribution in [0.15, 0.2) is 17.5 Å². The number of amides is 1. The van der Waals surface area contributed by atoms with Crippen LogP contribution in [0.3, 0.4) is 0 Å². The average Bonchev–Trinajstić information content (AvgIpc) is 2.81. The second-order valence-corrected chi connectivity index (χ2v) is 5.71. The van der Waals surface area contributed by atoms with Crippen molar-refractivity contribution in [2.24, 2.45) is 0 Å². The van der Waals surface area contributed by atoms with Crippen molar-refractivity contribution in [1.82, 2.24) is 4.90 Å². The smallest absolute Gasteiger partial charge is 0.227 e. The molecule has 1 amide bonds. The predicted octanol–water partition coefficient (Wildman–Crippen LogP) is 2.05. The van der Waals surface area contributed by atoms with E-state index >= 15 is 0 Å². The standard InChI is InChI=1S/C13H19NO2S/c1-14(11-6-2-3-7-12(11)15)13(16)9-10-5-4-8-17-10/h4-5,8,11-12,15H,2-3,6-7,9H2,1H3/t11-,12-/m1/s1. The molecule has 4 heteroatoms. The maximum Gasteiger partial charge on any atom is 0.227 e. The third-order valence-electron chi connectivity index (χ3n) is 3.49. The molecule has 0 bridgehead atoms. The number of carbonyl (C=O) groups excluding carboxylic acids is 1. The van der Waals surface area contributed by atoms with Crippen molar-refractivity contribution >= 4 is 17.2 Å². The molecule has 0 unspecified atom stereocenters. The molecule has 0 spiro atoms. The Kier molecular flexibility index (Phi) is 4.18. The summed E-state index contributed by atoms with van der Waals surface area (Å²) in [4.78, 5) is 14.9. The van der Waals surface area contributed by atoms with Crippen LogP contribution in [-0.2, 0) is 11.2 Å². The molecule has 17 heavy (non-hydrogen) atoms. The molecule has 94 valence electrons. The summed E-state index contributed by atoms with van der Waals surface area (Å²) in [6.45, 7) is 0. The van der Waals surface area contributed by atoms with Crippen LogP contribution in [0.2, 0.25) is 0 Å². The van der Waals surface area contributed by atoms with Gasteiger partial charge in [-0.05, 0) is 24.3 Å². The third-order valence-corrected chi connectivity index (χ3v) is 4.37. The number of aliphatic hydroxyl groups excluding tert-OH is 1. The zero-order chi connectivity index (χ0) is 12.3. The molecule has 3 nitrogen and oxygen atoms in total. The van der Waals surface area contributed by atoms with E-state index in [1.807, 2.05) is 24.6 Å². The van der Waals surface area contributed by atoms with Crippen LogP contribution < -0.4 is 0 Å². The summed E-state index contributed by atoms with van der Waals surface area (Å²) in [7, 11) is 1.81. The van der Waals surface area contributed by atoms with Crippen molar-refractivity contribution in [2.75, 3.05) is 7.05 Å². The number of carbonyl (C=O) groups is 1. The van der Waals surface area contributed by atoms with Crippen LogP contribution in [-0.4, -0.2) is 35.1 Å². The SMILES string of the molecule is CN(C(=O)Cc1cccs1)[C@@H]1CCCC[C@H]1O. The van der Waals surface area contributed by atoms with Gasteiger partial charge in [0.25, 0.3) is 0 Å². The highest BCUT2D eigenvalue weighted by molar-refractivity contribution is 7.10. The van der Waals surface area contributed by atoms with Gasteiger partial charge in [-0.25, -0.2) is 0 Å². The number of aliphatic hydroxyl groups is 1. The Balaban J connectivity index is 1.94. The molecule has 0 aromatic carbocycles.